The summed E-state index contributed by atoms with van der Waals surface area (Å²) in [5.74, 6) is 1.73. The zero-order chi connectivity index (χ0) is 18.2. The third-order valence-corrected chi connectivity index (χ3v) is 4.33. The summed E-state index contributed by atoms with van der Waals surface area (Å²) in [6.07, 6.45) is 1.61. The van der Waals surface area contributed by atoms with Crippen molar-refractivity contribution in [2.45, 2.75) is 0 Å². The van der Waals surface area contributed by atoms with Crippen LogP contribution in [-0.2, 0) is 7.05 Å². The van der Waals surface area contributed by atoms with Crippen LogP contribution in [0.5, 0.6) is 0 Å². The average molecular weight is 356 g/mol. The van der Waals surface area contributed by atoms with E-state index in [1.165, 1.54) is 0 Å². The van der Waals surface area contributed by atoms with Crippen LogP contribution in [0.2, 0.25) is 0 Å². The second-order valence-corrected chi connectivity index (χ2v) is 6.10. The molecule has 0 aliphatic carbocycles. The van der Waals surface area contributed by atoms with Gasteiger partial charge in [-0.2, -0.15) is 9.97 Å². The Labute approximate surface area is 154 Å². The molecule has 0 aliphatic heterocycles. The van der Waals surface area contributed by atoms with Gasteiger partial charge in [-0.3, -0.25) is 5.32 Å². The SMILES string of the molecule is Cn1c(Nc2nc(Nc3ccccc3)c3[nH]cnc3n2)nc2ccccc21. The van der Waals surface area contributed by atoms with E-state index in [9.17, 15) is 0 Å². The first-order valence-electron chi connectivity index (χ1n) is 8.49. The van der Waals surface area contributed by atoms with Crippen molar-refractivity contribution in [2.24, 2.45) is 7.05 Å². The highest BCUT2D eigenvalue weighted by atomic mass is 15.3. The van der Waals surface area contributed by atoms with Gasteiger partial charge in [0.05, 0.1) is 17.4 Å². The molecule has 0 saturated carbocycles. The van der Waals surface area contributed by atoms with E-state index in [4.69, 9.17) is 0 Å². The maximum absolute atomic E-state index is 4.62. The summed E-state index contributed by atoms with van der Waals surface area (Å²) in [5.41, 5.74) is 4.19. The Morgan fingerprint density at radius 2 is 1.70 bits per heavy atom. The molecule has 27 heavy (non-hydrogen) atoms. The van der Waals surface area contributed by atoms with E-state index in [0.29, 0.717) is 23.4 Å². The second kappa shape index (κ2) is 6.10. The molecule has 0 spiro atoms. The fourth-order valence-electron chi connectivity index (χ4n) is 3.00. The van der Waals surface area contributed by atoms with E-state index >= 15 is 0 Å². The number of benzene rings is 2. The highest BCUT2D eigenvalue weighted by Crippen LogP contribution is 2.25. The van der Waals surface area contributed by atoms with Crippen molar-refractivity contribution in [2.75, 3.05) is 10.6 Å². The van der Waals surface area contributed by atoms with Crippen molar-refractivity contribution in [3.8, 4) is 0 Å². The predicted octanol–water partition coefficient (Wildman–Crippen LogP) is 3.73. The van der Waals surface area contributed by atoms with E-state index in [1.54, 1.807) is 6.33 Å². The van der Waals surface area contributed by atoms with Crippen LogP contribution in [-0.4, -0.2) is 29.5 Å². The molecule has 0 saturated heterocycles. The molecule has 5 aromatic rings. The summed E-state index contributed by atoms with van der Waals surface area (Å²) in [7, 11) is 1.95. The number of aryl methyl sites for hydroxylation is 1. The van der Waals surface area contributed by atoms with Gasteiger partial charge in [-0.25, -0.2) is 9.97 Å². The zero-order valence-electron chi connectivity index (χ0n) is 14.5. The fourth-order valence-corrected chi connectivity index (χ4v) is 3.00. The zero-order valence-corrected chi connectivity index (χ0v) is 14.5. The molecular formula is C19H16N8. The molecule has 0 bridgehead atoms. The van der Waals surface area contributed by atoms with Gasteiger partial charge < -0.3 is 14.9 Å². The van der Waals surface area contributed by atoms with Crippen LogP contribution in [0, 0.1) is 0 Å². The number of nitrogens with zero attached hydrogens (tertiary/aromatic N) is 5. The Kier molecular flexibility index (Phi) is 3.46. The summed E-state index contributed by atoms with van der Waals surface area (Å²) in [5, 5.41) is 6.52. The molecule has 5 rings (SSSR count). The quantitative estimate of drug-likeness (QED) is 0.454. The van der Waals surface area contributed by atoms with Gasteiger partial charge in [0.25, 0.3) is 0 Å². The minimum absolute atomic E-state index is 0.423. The standard InChI is InChI=1S/C19H16N8/c1-27-14-10-6-5-9-13(14)23-19(27)26-18-24-16-15(20-11-21-16)17(25-18)22-12-7-3-2-4-8-12/h2-11H,1H3,(H3,20,21,22,23,24,25,26). The predicted molar refractivity (Wildman–Crippen MR) is 105 cm³/mol. The molecule has 8 nitrogen and oxygen atoms in total. The number of anilines is 4. The molecule has 2 aromatic carbocycles. The van der Waals surface area contributed by atoms with Crippen LogP contribution in [0.1, 0.15) is 0 Å². The minimum Gasteiger partial charge on any atom is -0.340 e. The van der Waals surface area contributed by atoms with Crippen LogP contribution in [0.15, 0.2) is 60.9 Å². The number of rotatable bonds is 4. The number of para-hydroxylation sites is 3. The van der Waals surface area contributed by atoms with Crippen LogP contribution in [0.25, 0.3) is 22.2 Å². The molecule has 0 fully saturated rings. The van der Waals surface area contributed by atoms with E-state index < -0.39 is 0 Å². The highest BCUT2D eigenvalue weighted by Gasteiger charge is 2.13. The van der Waals surface area contributed by atoms with E-state index in [0.717, 1.165) is 22.2 Å². The lowest BCUT2D eigenvalue weighted by Gasteiger charge is -2.09. The van der Waals surface area contributed by atoms with Crippen molar-refractivity contribution in [1.29, 1.82) is 0 Å². The van der Waals surface area contributed by atoms with Gasteiger partial charge in [0.1, 0.15) is 5.52 Å². The van der Waals surface area contributed by atoms with Crippen molar-refractivity contribution >= 4 is 45.6 Å². The lowest BCUT2D eigenvalue weighted by molar-refractivity contribution is 0.951. The summed E-state index contributed by atoms with van der Waals surface area (Å²) >= 11 is 0. The first-order chi connectivity index (χ1) is 13.3. The largest absolute Gasteiger partial charge is 0.340 e. The first-order valence-corrected chi connectivity index (χ1v) is 8.49. The molecule has 0 amide bonds. The van der Waals surface area contributed by atoms with Gasteiger partial charge in [-0.15, -0.1) is 0 Å². The molecule has 3 heterocycles. The summed E-state index contributed by atoms with van der Waals surface area (Å²) in [6.45, 7) is 0. The van der Waals surface area contributed by atoms with Crippen LogP contribution < -0.4 is 10.6 Å². The number of aromatic nitrogens is 6. The first kappa shape index (κ1) is 15.3. The molecule has 132 valence electrons. The van der Waals surface area contributed by atoms with E-state index in [-0.39, 0.29) is 0 Å². The van der Waals surface area contributed by atoms with Crippen LogP contribution in [0.3, 0.4) is 0 Å². The lowest BCUT2D eigenvalue weighted by Crippen LogP contribution is -2.05. The molecule has 8 heteroatoms. The Morgan fingerprint density at radius 3 is 2.56 bits per heavy atom. The number of imidazole rings is 2. The van der Waals surface area contributed by atoms with E-state index in [2.05, 4.69) is 35.6 Å². The van der Waals surface area contributed by atoms with Crippen molar-refractivity contribution in [3.05, 3.63) is 60.9 Å². The number of hydrogen-bond acceptors (Lipinski definition) is 6. The average Bonchev–Trinajstić information content (AvgIpc) is 3.28. The Hall–Kier alpha value is -3.94. The molecule has 0 aliphatic rings. The third kappa shape index (κ3) is 2.73. The fraction of sp³-hybridized carbons (Fsp3) is 0.0526. The molecule has 0 unspecified atom stereocenters. The molecule has 0 atom stereocenters. The number of nitrogens with one attached hydrogen (secondary N) is 3. The van der Waals surface area contributed by atoms with Gasteiger partial charge >= 0.3 is 0 Å². The Morgan fingerprint density at radius 1 is 0.889 bits per heavy atom. The van der Waals surface area contributed by atoms with Gasteiger partial charge in [0.15, 0.2) is 11.5 Å². The second-order valence-electron chi connectivity index (χ2n) is 6.10. The maximum Gasteiger partial charge on any atom is 0.233 e. The number of aromatic amines is 1. The molecular weight excluding hydrogens is 340 g/mol. The maximum atomic E-state index is 4.62. The number of fused-ring (bicyclic) bond motifs is 2. The summed E-state index contributed by atoms with van der Waals surface area (Å²) in [6, 6.07) is 17.8. The minimum atomic E-state index is 0.423. The number of H-pyrrole nitrogens is 1. The van der Waals surface area contributed by atoms with Gasteiger partial charge in [0.2, 0.25) is 11.9 Å². The lowest BCUT2D eigenvalue weighted by atomic mass is 10.3. The van der Waals surface area contributed by atoms with E-state index in [1.807, 2.05) is 66.2 Å². The normalized spacial score (nSPS) is 11.1. The van der Waals surface area contributed by atoms with Crippen molar-refractivity contribution < 1.29 is 0 Å². The van der Waals surface area contributed by atoms with Gasteiger partial charge in [-0.1, -0.05) is 30.3 Å². The summed E-state index contributed by atoms with van der Waals surface area (Å²) in [4.78, 5) is 21.1. The molecule has 3 aromatic heterocycles. The van der Waals surface area contributed by atoms with Crippen LogP contribution >= 0.6 is 0 Å². The monoisotopic (exact) mass is 356 g/mol. The smallest absolute Gasteiger partial charge is 0.233 e. The highest BCUT2D eigenvalue weighted by molar-refractivity contribution is 5.86. The number of hydrogen-bond donors (Lipinski definition) is 3. The topological polar surface area (TPSA) is 96.3 Å². The van der Waals surface area contributed by atoms with Crippen LogP contribution in [0.4, 0.5) is 23.4 Å². The third-order valence-electron chi connectivity index (χ3n) is 4.33. The molecule has 0 radical (unpaired) electrons. The molecule has 3 N–H and O–H groups in total. The Balaban J connectivity index is 1.56. The van der Waals surface area contributed by atoms with Crippen molar-refractivity contribution in [3.63, 3.8) is 0 Å². The van der Waals surface area contributed by atoms with Crippen molar-refractivity contribution in [1.82, 2.24) is 29.5 Å². The summed E-state index contributed by atoms with van der Waals surface area (Å²) < 4.78 is 1.97. The van der Waals surface area contributed by atoms with Gasteiger partial charge in [0, 0.05) is 12.7 Å². The Bertz CT molecular complexity index is 1240. The van der Waals surface area contributed by atoms with Gasteiger partial charge in [-0.05, 0) is 24.3 Å².